The minimum absolute atomic E-state index is 0.790. The van der Waals surface area contributed by atoms with Crippen molar-refractivity contribution in [1.29, 1.82) is 0 Å². The highest BCUT2D eigenvalue weighted by atomic mass is 127. The maximum atomic E-state index is 4.62. The molecule has 3 nitrogen and oxygen atoms in total. The molecule has 0 unspecified atom stereocenters. The van der Waals surface area contributed by atoms with Gasteiger partial charge in [0.15, 0.2) is 0 Å². The summed E-state index contributed by atoms with van der Waals surface area (Å²) in [5.41, 5.74) is 7.20. The van der Waals surface area contributed by atoms with Crippen LogP contribution in [0.5, 0.6) is 0 Å². The van der Waals surface area contributed by atoms with E-state index in [-0.39, 0.29) is 0 Å². The standard InChI is InChI=1S/C21H16IN3S/c1-14(17-7-6-15-4-2-3-5-18(15)12-17)24-25-21-23-20(13-26-21)16-8-10-19(22)11-9-16/h2-13H,1H3,(H,23,25)/b24-14-. The number of benzene rings is 3. The summed E-state index contributed by atoms with van der Waals surface area (Å²) in [4.78, 5) is 4.62. The summed E-state index contributed by atoms with van der Waals surface area (Å²) in [5, 5.41) is 9.80. The highest BCUT2D eigenvalue weighted by Gasteiger charge is 2.05. The maximum absolute atomic E-state index is 4.62. The molecule has 0 aliphatic rings. The second-order valence-electron chi connectivity index (χ2n) is 5.92. The Morgan fingerprint density at radius 1 is 1.00 bits per heavy atom. The molecule has 4 aromatic rings. The van der Waals surface area contributed by atoms with Crippen LogP contribution in [-0.2, 0) is 0 Å². The van der Waals surface area contributed by atoms with Gasteiger partial charge in [0.1, 0.15) is 0 Å². The predicted octanol–water partition coefficient (Wildman–Crippen LogP) is 6.40. The highest BCUT2D eigenvalue weighted by molar-refractivity contribution is 14.1. The summed E-state index contributed by atoms with van der Waals surface area (Å²) in [7, 11) is 0. The smallest absolute Gasteiger partial charge is 0.203 e. The number of fused-ring (bicyclic) bond motifs is 1. The molecule has 0 aliphatic heterocycles. The molecule has 4 rings (SSSR count). The number of halogens is 1. The van der Waals surface area contributed by atoms with E-state index in [1.54, 1.807) is 11.3 Å². The summed E-state index contributed by atoms with van der Waals surface area (Å²) < 4.78 is 1.22. The Balaban J connectivity index is 1.52. The minimum Gasteiger partial charge on any atom is -0.252 e. The van der Waals surface area contributed by atoms with Crippen LogP contribution in [0.15, 0.2) is 77.2 Å². The van der Waals surface area contributed by atoms with Crippen LogP contribution in [0.4, 0.5) is 5.13 Å². The van der Waals surface area contributed by atoms with Gasteiger partial charge in [-0.05, 0) is 64.0 Å². The normalized spacial score (nSPS) is 11.7. The van der Waals surface area contributed by atoms with Crippen LogP contribution in [0.3, 0.4) is 0 Å². The molecule has 0 radical (unpaired) electrons. The third-order valence-corrected chi connectivity index (χ3v) is 5.60. The van der Waals surface area contributed by atoms with Gasteiger partial charge < -0.3 is 0 Å². The van der Waals surface area contributed by atoms with E-state index in [2.05, 4.69) is 105 Å². The molecule has 26 heavy (non-hydrogen) atoms. The first kappa shape index (κ1) is 17.2. The molecule has 1 aromatic heterocycles. The van der Waals surface area contributed by atoms with Crippen LogP contribution < -0.4 is 5.43 Å². The second-order valence-corrected chi connectivity index (χ2v) is 8.02. The van der Waals surface area contributed by atoms with Crippen molar-refractivity contribution in [1.82, 2.24) is 4.98 Å². The van der Waals surface area contributed by atoms with Crippen molar-refractivity contribution in [3.8, 4) is 11.3 Å². The van der Waals surface area contributed by atoms with Gasteiger partial charge in [0.05, 0.1) is 11.4 Å². The molecule has 0 aliphatic carbocycles. The molecule has 0 fully saturated rings. The Labute approximate surface area is 169 Å². The summed E-state index contributed by atoms with van der Waals surface area (Å²) in [6, 6.07) is 23.1. The Morgan fingerprint density at radius 3 is 2.58 bits per heavy atom. The number of thiazole rings is 1. The molecule has 0 saturated heterocycles. The third-order valence-electron chi connectivity index (χ3n) is 4.13. The Kier molecular flexibility index (Phi) is 4.99. The predicted molar refractivity (Wildman–Crippen MR) is 120 cm³/mol. The lowest BCUT2D eigenvalue weighted by atomic mass is 10.0. The first-order valence-corrected chi connectivity index (χ1v) is 10.2. The van der Waals surface area contributed by atoms with Crippen LogP contribution in [0.1, 0.15) is 12.5 Å². The minimum atomic E-state index is 0.790. The zero-order valence-electron chi connectivity index (χ0n) is 14.1. The fourth-order valence-electron chi connectivity index (χ4n) is 2.69. The van der Waals surface area contributed by atoms with E-state index in [1.165, 1.54) is 14.3 Å². The summed E-state index contributed by atoms with van der Waals surface area (Å²) in [5.74, 6) is 0. The van der Waals surface area contributed by atoms with Crippen molar-refractivity contribution in [3.05, 3.63) is 81.2 Å². The first-order valence-electron chi connectivity index (χ1n) is 8.20. The van der Waals surface area contributed by atoms with Gasteiger partial charge in [0.25, 0.3) is 0 Å². The quantitative estimate of drug-likeness (QED) is 0.213. The van der Waals surface area contributed by atoms with Gasteiger partial charge >= 0.3 is 0 Å². The number of hydrogen-bond donors (Lipinski definition) is 1. The van der Waals surface area contributed by atoms with Crippen LogP contribution in [0.25, 0.3) is 22.0 Å². The topological polar surface area (TPSA) is 37.3 Å². The highest BCUT2D eigenvalue weighted by Crippen LogP contribution is 2.25. The van der Waals surface area contributed by atoms with E-state index in [0.717, 1.165) is 27.7 Å². The number of aromatic nitrogens is 1. The van der Waals surface area contributed by atoms with Gasteiger partial charge in [-0.3, -0.25) is 5.43 Å². The second kappa shape index (κ2) is 7.55. The van der Waals surface area contributed by atoms with E-state index in [9.17, 15) is 0 Å². The average Bonchev–Trinajstić information content (AvgIpc) is 3.15. The van der Waals surface area contributed by atoms with Crippen LogP contribution in [0, 0.1) is 3.57 Å². The Morgan fingerprint density at radius 2 is 1.77 bits per heavy atom. The van der Waals surface area contributed by atoms with Crippen LogP contribution in [0.2, 0.25) is 0 Å². The lowest BCUT2D eigenvalue weighted by Crippen LogP contribution is -1.99. The van der Waals surface area contributed by atoms with Gasteiger partial charge in [0.2, 0.25) is 5.13 Å². The monoisotopic (exact) mass is 469 g/mol. The lowest BCUT2D eigenvalue weighted by molar-refractivity contribution is 1.27. The zero-order chi connectivity index (χ0) is 17.9. The summed E-state index contributed by atoms with van der Waals surface area (Å²) >= 11 is 3.86. The lowest BCUT2D eigenvalue weighted by Gasteiger charge is -2.04. The molecule has 0 spiro atoms. The van der Waals surface area contributed by atoms with E-state index in [4.69, 9.17) is 0 Å². The van der Waals surface area contributed by atoms with Crippen molar-refractivity contribution in [2.45, 2.75) is 6.92 Å². The molecule has 5 heteroatoms. The van der Waals surface area contributed by atoms with Crippen LogP contribution >= 0.6 is 33.9 Å². The third kappa shape index (κ3) is 3.78. The molecule has 128 valence electrons. The van der Waals surface area contributed by atoms with E-state index < -0.39 is 0 Å². The molecular weight excluding hydrogens is 453 g/mol. The van der Waals surface area contributed by atoms with E-state index in [1.807, 2.05) is 12.3 Å². The molecule has 0 bridgehead atoms. The molecule has 1 heterocycles. The maximum Gasteiger partial charge on any atom is 0.203 e. The Bertz CT molecular complexity index is 1080. The van der Waals surface area contributed by atoms with Crippen molar-refractivity contribution in [3.63, 3.8) is 0 Å². The van der Waals surface area contributed by atoms with Gasteiger partial charge in [-0.25, -0.2) is 4.98 Å². The number of rotatable bonds is 4. The molecule has 0 saturated carbocycles. The van der Waals surface area contributed by atoms with Crippen molar-refractivity contribution < 1.29 is 0 Å². The van der Waals surface area contributed by atoms with E-state index in [0.29, 0.717) is 0 Å². The van der Waals surface area contributed by atoms with Gasteiger partial charge in [-0.1, -0.05) is 48.5 Å². The van der Waals surface area contributed by atoms with Gasteiger partial charge in [-0.2, -0.15) is 5.10 Å². The van der Waals surface area contributed by atoms with Gasteiger partial charge in [0, 0.05) is 14.5 Å². The largest absolute Gasteiger partial charge is 0.252 e. The summed E-state index contributed by atoms with van der Waals surface area (Å²) in [6.07, 6.45) is 0. The molecule has 0 atom stereocenters. The molecule has 1 N–H and O–H groups in total. The van der Waals surface area contributed by atoms with E-state index >= 15 is 0 Å². The van der Waals surface area contributed by atoms with Crippen LogP contribution in [-0.4, -0.2) is 10.7 Å². The SMILES string of the molecule is C/C(=N/Nc1nc(-c2ccc(I)cc2)cs1)c1ccc2ccccc2c1. The fourth-order valence-corrected chi connectivity index (χ4v) is 3.71. The molecule has 0 amide bonds. The number of hydrazone groups is 1. The number of hydrogen-bond acceptors (Lipinski definition) is 4. The first-order chi connectivity index (χ1) is 12.7. The number of nitrogens with zero attached hydrogens (tertiary/aromatic N) is 2. The van der Waals surface area contributed by atoms with Crippen molar-refractivity contribution in [2.24, 2.45) is 5.10 Å². The molecule has 3 aromatic carbocycles. The fraction of sp³-hybridized carbons (Fsp3) is 0.0476. The van der Waals surface area contributed by atoms with Crippen molar-refractivity contribution >= 4 is 55.5 Å². The average molecular weight is 469 g/mol. The number of anilines is 1. The Hall–Kier alpha value is -2.25. The summed E-state index contributed by atoms with van der Waals surface area (Å²) in [6.45, 7) is 2.00. The van der Waals surface area contributed by atoms with Gasteiger partial charge in [-0.15, -0.1) is 11.3 Å². The zero-order valence-corrected chi connectivity index (χ0v) is 17.1. The number of nitrogens with one attached hydrogen (secondary N) is 1. The molecular formula is C21H16IN3S. The van der Waals surface area contributed by atoms with Crippen molar-refractivity contribution in [2.75, 3.05) is 5.43 Å².